The summed E-state index contributed by atoms with van der Waals surface area (Å²) in [6.45, 7) is -2.54. The molecule has 43 heavy (non-hydrogen) atoms. The number of carbonyl (C=O) groups excluding carboxylic acids is 2. The Morgan fingerprint density at radius 1 is 0.442 bits per heavy atom. The lowest BCUT2D eigenvalue weighted by Crippen LogP contribution is -2.69. The Labute approximate surface area is 234 Å². The van der Waals surface area contributed by atoms with E-state index < -0.39 is 88.5 Å². The first-order chi connectivity index (χ1) is 18.3. The molecule has 0 bridgehead atoms. The molecule has 26 heteroatoms. The van der Waals surface area contributed by atoms with Gasteiger partial charge in [-0.3, -0.25) is 9.59 Å². The van der Waals surface area contributed by atoms with Gasteiger partial charge in [0.15, 0.2) is 0 Å². The summed E-state index contributed by atoms with van der Waals surface area (Å²) in [6.07, 6.45) is 0. The Morgan fingerprint density at radius 3 is 0.837 bits per heavy atom. The molecule has 0 aliphatic heterocycles. The van der Waals surface area contributed by atoms with Crippen molar-refractivity contribution in [2.45, 2.75) is 72.0 Å². The molecule has 0 aromatic heterocycles. The largest absolute Gasteiger partial charge is 0.393 e. The molecule has 0 aromatic carbocycles. The van der Waals surface area contributed by atoms with Gasteiger partial charge in [0.2, 0.25) is 0 Å². The van der Waals surface area contributed by atoms with Gasteiger partial charge in [-0.15, -0.1) is 0 Å². The number of alkyl halides is 22. The quantitative estimate of drug-likeness (QED) is 0.150. The summed E-state index contributed by atoms with van der Waals surface area (Å²) in [5.41, 5.74) is -2.42. The van der Waals surface area contributed by atoms with Gasteiger partial charge in [0.05, 0.1) is 0 Å². The predicted octanol–water partition coefficient (Wildman–Crippen LogP) is 6.99. The fourth-order valence-corrected chi connectivity index (χ4v) is 2.59. The molecule has 0 aliphatic carbocycles. The number of hydrogen-bond acceptors (Lipinski definition) is 2. The average Bonchev–Trinajstić information content (AvgIpc) is 2.78. The van der Waals surface area contributed by atoms with Crippen molar-refractivity contribution in [2.24, 2.45) is 5.41 Å². The van der Waals surface area contributed by atoms with Gasteiger partial charge in [-0.05, 0) is 28.6 Å². The number of nitrogens with one attached hydrogen (secondary N) is 2. The monoisotopic (exact) mass is 726 g/mol. The van der Waals surface area contributed by atoms with E-state index in [9.17, 15) is 97.4 Å². The van der Waals surface area contributed by atoms with Gasteiger partial charge in [0.1, 0.15) is 0 Å². The lowest BCUT2D eigenvalue weighted by molar-refractivity contribution is -0.382. The number of amides is 2. The highest BCUT2D eigenvalue weighted by Crippen LogP contribution is 2.59. The van der Waals surface area contributed by atoms with Gasteiger partial charge in [-0.2, -0.15) is 87.8 Å². The molecule has 0 spiro atoms. The van der Waals surface area contributed by atoms with Crippen LogP contribution in [0, 0.1) is 5.41 Å². The molecule has 0 unspecified atom stereocenters. The molecule has 0 fully saturated rings. The van der Waals surface area contributed by atoms with Crippen molar-refractivity contribution in [3.63, 3.8) is 0 Å². The predicted molar refractivity (Wildman–Crippen MR) is 101 cm³/mol. The summed E-state index contributed by atoms with van der Waals surface area (Å²) in [4.78, 5) is 22.8. The first kappa shape index (κ1) is 41.1. The van der Waals surface area contributed by atoms with Crippen LogP contribution in [0.15, 0.2) is 0 Å². The maximum atomic E-state index is 13.8. The SMILES string of the molecule is CC(C)(CNC(=O)C(F)(F)C(F)(F)C(F)(F)C(F)(F)C(F)(F)Cl)CNC(=O)C(F)(F)C(F)(F)C(F)(F)C(F)(F)C(F)(F)Cl. The van der Waals surface area contributed by atoms with Crippen molar-refractivity contribution >= 4 is 35.0 Å². The Bertz CT molecular complexity index is 971. The minimum absolute atomic E-state index is 0.480. The molecule has 0 heterocycles. The zero-order valence-electron chi connectivity index (χ0n) is 20.0. The molecule has 0 atom stereocenters. The standard InChI is InChI=1S/C17H12Cl2F20N2O2/c1-7(2,3-40-5(42)8(20,21)10(24,25)12(28,29)14(32,33)16(18,36)37)4-41-6(43)9(22,23)11(26,27)13(30,31)15(34,35)17(19,38)39/h3-4H2,1-2H3,(H,40,42)(H,41,43). The molecule has 256 valence electrons. The van der Waals surface area contributed by atoms with Crippen LogP contribution in [0.5, 0.6) is 0 Å². The Morgan fingerprint density at radius 2 is 0.651 bits per heavy atom. The van der Waals surface area contributed by atoms with Crippen molar-refractivity contribution in [1.29, 1.82) is 0 Å². The van der Waals surface area contributed by atoms with Crippen molar-refractivity contribution in [3.05, 3.63) is 0 Å². The van der Waals surface area contributed by atoms with Gasteiger partial charge in [-0.1, -0.05) is 13.8 Å². The highest BCUT2D eigenvalue weighted by molar-refractivity contribution is 6.22. The maximum absolute atomic E-state index is 13.8. The smallest absolute Gasteiger partial charge is 0.350 e. The molecule has 2 amide bonds. The maximum Gasteiger partial charge on any atom is 0.393 e. The van der Waals surface area contributed by atoms with Crippen LogP contribution in [-0.2, 0) is 9.59 Å². The van der Waals surface area contributed by atoms with Crippen LogP contribution >= 0.6 is 23.2 Å². The third kappa shape index (κ3) is 6.58. The summed E-state index contributed by atoms with van der Waals surface area (Å²) in [5.74, 6) is -67.1. The molecular formula is C17H12Cl2F20N2O2. The Balaban J connectivity index is 5.88. The number of carbonyl (C=O) groups is 2. The second-order valence-corrected chi connectivity index (χ2v) is 10.1. The summed E-state index contributed by atoms with van der Waals surface area (Å²) in [5, 5.41) is -12.0. The summed E-state index contributed by atoms with van der Waals surface area (Å²) >= 11 is 7.12. The summed E-state index contributed by atoms with van der Waals surface area (Å²) in [7, 11) is 0. The number of rotatable bonds is 14. The third-order valence-electron chi connectivity index (χ3n) is 5.10. The molecule has 0 rings (SSSR count). The first-order valence-electron chi connectivity index (χ1n) is 9.98. The van der Waals surface area contributed by atoms with E-state index in [1.165, 1.54) is 0 Å². The zero-order chi connectivity index (χ0) is 35.5. The molecule has 0 saturated heterocycles. The third-order valence-corrected chi connectivity index (χ3v) is 5.58. The van der Waals surface area contributed by atoms with Crippen molar-refractivity contribution in [2.75, 3.05) is 13.1 Å². The van der Waals surface area contributed by atoms with Crippen LogP contribution in [0.4, 0.5) is 87.8 Å². The van der Waals surface area contributed by atoms with E-state index >= 15 is 0 Å². The molecule has 0 radical (unpaired) electrons. The zero-order valence-corrected chi connectivity index (χ0v) is 21.6. The lowest BCUT2D eigenvalue weighted by Gasteiger charge is -2.38. The summed E-state index contributed by atoms with van der Waals surface area (Å²) < 4.78 is 265. The van der Waals surface area contributed by atoms with Crippen LogP contribution in [0.3, 0.4) is 0 Å². The van der Waals surface area contributed by atoms with Gasteiger partial charge in [0, 0.05) is 13.1 Å². The molecule has 2 N–H and O–H groups in total. The van der Waals surface area contributed by atoms with Gasteiger partial charge < -0.3 is 10.6 Å². The van der Waals surface area contributed by atoms with E-state index in [1.54, 1.807) is 0 Å². The van der Waals surface area contributed by atoms with E-state index in [2.05, 4.69) is 23.2 Å². The molecule has 0 saturated carbocycles. The van der Waals surface area contributed by atoms with Crippen LogP contribution in [0.2, 0.25) is 0 Å². The van der Waals surface area contributed by atoms with E-state index in [0.29, 0.717) is 24.5 Å². The minimum atomic E-state index is -7.77. The van der Waals surface area contributed by atoms with Crippen molar-refractivity contribution in [1.82, 2.24) is 10.6 Å². The van der Waals surface area contributed by atoms with Gasteiger partial charge in [-0.25, -0.2) is 0 Å². The normalized spacial score (nSPS) is 15.8. The fraction of sp³-hybridized carbons (Fsp3) is 0.882. The minimum Gasteiger partial charge on any atom is -0.350 e. The highest BCUT2D eigenvalue weighted by Gasteiger charge is 2.89. The second kappa shape index (κ2) is 11.2. The molecular weight excluding hydrogens is 715 g/mol. The number of halogens is 22. The molecule has 0 aromatic rings. The van der Waals surface area contributed by atoms with Crippen LogP contribution in [-0.4, -0.2) is 83.0 Å². The van der Waals surface area contributed by atoms with E-state index in [1.807, 2.05) is 0 Å². The van der Waals surface area contributed by atoms with Crippen LogP contribution < -0.4 is 10.6 Å². The molecule has 0 aliphatic rings. The van der Waals surface area contributed by atoms with Crippen molar-refractivity contribution < 1.29 is 97.4 Å². The second-order valence-electron chi connectivity index (χ2n) is 9.12. The Hall–Kier alpha value is -1.88. The fourth-order valence-electron chi connectivity index (χ4n) is 2.35. The topological polar surface area (TPSA) is 58.2 Å². The van der Waals surface area contributed by atoms with E-state index in [0.717, 1.165) is 0 Å². The van der Waals surface area contributed by atoms with Gasteiger partial charge >= 0.3 is 58.1 Å². The summed E-state index contributed by atoms with van der Waals surface area (Å²) in [6, 6.07) is 0. The van der Waals surface area contributed by atoms with Crippen LogP contribution in [0.1, 0.15) is 13.8 Å². The van der Waals surface area contributed by atoms with Crippen molar-refractivity contribution in [3.8, 4) is 0 Å². The number of hydrogen-bond donors (Lipinski definition) is 2. The van der Waals surface area contributed by atoms with Gasteiger partial charge in [0.25, 0.3) is 11.8 Å². The average molecular weight is 727 g/mol. The highest BCUT2D eigenvalue weighted by atomic mass is 35.5. The van der Waals surface area contributed by atoms with Crippen LogP contribution in [0.25, 0.3) is 0 Å². The Kier molecular flexibility index (Phi) is 10.7. The van der Waals surface area contributed by atoms with E-state index in [-0.39, 0.29) is 0 Å². The van der Waals surface area contributed by atoms with E-state index in [4.69, 9.17) is 0 Å². The first-order valence-corrected chi connectivity index (χ1v) is 10.7. The molecule has 4 nitrogen and oxygen atoms in total. The lowest BCUT2D eigenvalue weighted by atomic mass is 9.92.